The van der Waals surface area contributed by atoms with E-state index in [2.05, 4.69) is 6.07 Å². The van der Waals surface area contributed by atoms with Gasteiger partial charge in [-0.05, 0) is 0 Å². The summed E-state index contributed by atoms with van der Waals surface area (Å²) in [6.07, 6.45) is 0.193. The van der Waals surface area contributed by atoms with Crippen LogP contribution in [0.4, 0.5) is 0 Å². The molecule has 2 nitrogen and oxygen atoms in total. The van der Waals surface area contributed by atoms with Gasteiger partial charge in [0.2, 0.25) is 0 Å². The fourth-order valence-corrected chi connectivity index (χ4v) is 2.55. The molecule has 0 aliphatic carbocycles. The molecule has 1 N–H and O–H groups in total. The van der Waals surface area contributed by atoms with E-state index in [1.165, 1.54) is 0 Å². The predicted octanol–water partition coefficient (Wildman–Crippen LogP) is 1.01. The van der Waals surface area contributed by atoms with Crippen molar-refractivity contribution in [1.82, 2.24) is 0 Å². The molecule has 0 aromatic carbocycles. The Kier molecular flexibility index (Phi) is 2.22. The van der Waals surface area contributed by atoms with Crippen LogP contribution in [0.3, 0.4) is 0 Å². The van der Waals surface area contributed by atoms with Gasteiger partial charge in [-0.1, -0.05) is 6.92 Å². The van der Waals surface area contributed by atoms with Gasteiger partial charge in [0.05, 0.1) is 12.2 Å². The minimum atomic E-state index is -0.280. The third-order valence-corrected chi connectivity index (χ3v) is 3.41. The quantitative estimate of drug-likeness (QED) is 0.618. The number of nitrogens with zero attached hydrogens (tertiary/aromatic N) is 1. The van der Waals surface area contributed by atoms with Gasteiger partial charge in [-0.15, -0.1) is 0 Å². The molecule has 1 unspecified atom stereocenters. The summed E-state index contributed by atoms with van der Waals surface area (Å²) in [4.78, 5) is 0. The van der Waals surface area contributed by atoms with E-state index >= 15 is 0 Å². The Bertz CT molecular complexity index is 165. The third kappa shape index (κ3) is 1.28. The van der Waals surface area contributed by atoms with E-state index in [9.17, 15) is 5.11 Å². The van der Waals surface area contributed by atoms with Crippen molar-refractivity contribution in [3.05, 3.63) is 0 Å². The zero-order valence-electron chi connectivity index (χ0n) is 6.00. The molecule has 56 valence electrons. The monoisotopic (exact) mass is 157 g/mol. The lowest BCUT2D eigenvalue weighted by molar-refractivity contribution is 0.0863. The number of rotatable bonds is 1. The standard InChI is InChI=1S/C7H11NOS/c1-7(2-3-8)5-10-4-6(7)9/h6,9H,2,4-5H2,1H3/t6-,7?/m0/s1. The second-order valence-electron chi connectivity index (χ2n) is 3.02. The zero-order valence-corrected chi connectivity index (χ0v) is 6.82. The largest absolute Gasteiger partial charge is 0.392 e. The van der Waals surface area contributed by atoms with E-state index in [1.807, 2.05) is 6.92 Å². The van der Waals surface area contributed by atoms with Crippen LogP contribution in [-0.4, -0.2) is 22.7 Å². The molecule has 1 saturated heterocycles. The van der Waals surface area contributed by atoms with Crippen molar-refractivity contribution in [3.63, 3.8) is 0 Å². The summed E-state index contributed by atoms with van der Waals surface area (Å²) in [5.74, 6) is 1.71. The predicted molar refractivity (Wildman–Crippen MR) is 41.7 cm³/mol. The number of aliphatic hydroxyl groups excluding tert-OH is 1. The van der Waals surface area contributed by atoms with Crippen LogP contribution < -0.4 is 0 Å². The molecular formula is C7H11NOS. The highest BCUT2D eigenvalue weighted by molar-refractivity contribution is 7.99. The van der Waals surface area contributed by atoms with Crippen molar-refractivity contribution >= 4 is 11.8 Å². The van der Waals surface area contributed by atoms with E-state index in [-0.39, 0.29) is 11.5 Å². The van der Waals surface area contributed by atoms with Crippen LogP contribution in [0.5, 0.6) is 0 Å². The highest BCUT2D eigenvalue weighted by atomic mass is 32.2. The van der Waals surface area contributed by atoms with E-state index in [0.717, 1.165) is 11.5 Å². The van der Waals surface area contributed by atoms with E-state index in [4.69, 9.17) is 5.26 Å². The van der Waals surface area contributed by atoms with Crippen LogP contribution in [0.1, 0.15) is 13.3 Å². The fraction of sp³-hybridized carbons (Fsp3) is 0.857. The maximum absolute atomic E-state index is 9.41. The smallest absolute Gasteiger partial charge is 0.0701 e. The highest BCUT2D eigenvalue weighted by Gasteiger charge is 2.37. The second kappa shape index (κ2) is 2.81. The Morgan fingerprint density at radius 3 is 3.00 bits per heavy atom. The molecule has 1 rings (SSSR count). The Balaban J connectivity index is 2.58. The molecule has 1 aliphatic heterocycles. The molecule has 0 amide bonds. The zero-order chi connectivity index (χ0) is 7.61. The number of aliphatic hydroxyl groups is 1. The summed E-state index contributed by atoms with van der Waals surface area (Å²) in [5, 5.41) is 17.8. The fourth-order valence-electron chi connectivity index (χ4n) is 1.05. The van der Waals surface area contributed by atoms with Crippen LogP contribution in [0.2, 0.25) is 0 Å². The lowest BCUT2D eigenvalue weighted by Gasteiger charge is -2.22. The number of thioether (sulfide) groups is 1. The van der Waals surface area contributed by atoms with Gasteiger partial charge in [0.25, 0.3) is 0 Å². The molecule has 0 aromatic heterocycles. The number of hydrogen-bond donors (Lipinski definition) is 1. The average Bonchev–Trinajstić information content (AvgIpc) is 2.15. The van der Waals surface area contributed by atoms with Crippen molar-refractivity contribution in [2.75, 3.05) is 11.5 Å². The lowest BCUT2D eigenvalue weighted by atomic mass is 9.85. The Morgan fingerprint density at radius 1 is 1.90 bits per heavy atom. The molecule has 10 heavy (non-hydrogen) atoms. The van der Waals surface area contributed by atoms with Crippen molar-refractivity contribution in [2.45, 2.75) is 19.4 Å². The summed E-state index contributed by atoms with van der Waals surface area (Å²) in [7, 11) is 0. The Labute approximate surface area is 65.2 Å². The molecule has 1 heterocycles. The Hall–Kier alpha value is -0.200. The molecule has 1 aliphatic rings. The highest BCUT2D eigenvalue weighted by Crippen LogP contribution is 2.38. The van der Waals surface area contributed by atoms with Gasteiger partial charge in [0, 0.05) is 23.3 Å². The summed E-state index contributed by atoms with van der Waals surface area (Å²) in [5.41, 5.74) is -0.139. The summed E-state index contributed by atoms with van der Waals surface area (Å²) < 4.78 is 0. The van der Waals surface area contributed by atoms with Gasteiger partial charge in [0.15, 0.2) is 0 Å². The van der Waals surface area contributed by atoms with E-state index in [0.29, 0.717) is 6.42 Å². The van der Waals surface area contributed by atoms with Gasteiger partial charge < -0.3 is 5.11 Å². The summed E-state index contributed by atoms with van der Waals surface area (Å²) in [6.45, 7) is 1.97. The van der Waals surface area contributed by atoms with E-state index in [1.54, 1.807) is 11.8 Å². The van der Waals surface area contributed by atoms with Gasteiger partial charge in [-0.3, -0.25) is 0 Å². The van der Waals surface area contributed by atoms with Crippen LogP contribution in [-0.2, 0) is 0 Å². The molecule has 0 aromatic rings. The first-order valence-electron chi connectivity index (χ1n) is 3.32. The Morgan fingerprint density at radius 2 is 2.60 bits per heavy atom. The molecule has 1 fully saturated rings. The van der Waals surface area contributed by atoms with Gasteiger partial charge >= 0.3 is 0 Å². The third-order valence-electron chi connectivity index (χ3n) is 1.99. The molecule has 3 heteroatoms. The normalized spacial score (nSPS) is 39.5. The van der Waals surface area contributed by atoms with E-state index < -0.39 is 0 Å². The first-order chi connectivity index (χ1) is 4.69. The average molecular weight is 157 g/mol. The minimum absolute atomic E-state index is 0.139. The van der Waals surface area contributed by atoms with Crippen molar-refractivity contribution in [1.29, 1.82) is 5.26 Å². The van der Waals surface area contributed by atoms with Gasteiger partial charge in [-0.2, -0.15) is 17.0 Å². The summed E-state index contributed by atoms with van der Waals surface area (Å²) in [6, 6.07) is 2.11. The molecule has 0 bridgehead atoms. The maximum Gasteiger partial charge on any atom is 0.0701 e. The van der Waals surface area contributed by atoms with Crippen LogP contribution in [0.25, 0.3) is 0 Å². The number of hydrogen-bond acceptors (Lipinski definition) is 3. The van der Waals surface area contributed by atoms with Gasteiger partial charge in [-0.25, -0.2) is 0 Å². The lowest BCUT2D eigenvalue weighted by Crippen LogP contribution is -2.29. The first kappa shape index (κ1) is 7.90. The molecule has 0 saturated carbocycles. The SMILES string of the molecule is CC1(CC#N)CSC[C@@H]1O. The topological polar surface area (TPSA) is 44.0 Å². The minimum Gasteiger partial charge on any atom is -0.392 e. The first-order valence-corrected chi connectivity index (χ1v) is 4.47. The molecule has 0 spiro atoms. The van der Waals surface area contributed by atoms with Gasteiger partial charge in [0.1, 0.15) is 0 Å². The van der Waals surface area contributed by atoms with Crippen molar-refractivity contribution in [2.24, 2.45) is 5.41 Å². The van der Waals surface area contributed by atoms with Crippen molar-refractivity contribution < 1.29 is 5.11 Å². The maximum atomic E-state index is 9.41. The van der Waals surface area contributed by atoms with Crippen LogP contribution >= 0.6 is 11.8 Å². The van der Waals surface area contributed by atoms with Crippen LogP contribution in [0.15, 0.2) is 0 Å². The second-order valence-corrected chi connectivity index (χ2v) is 4.05. The van der Waals surface area contributed by atoms with Crippen molar-refractivity contribution in [3.8, 4) is 6.07 Å². The summed E-state index contributed by atoms with van der Waals surface area (Å²) >= 11 is 1.73. The molecule has 2 atom stereocenters. The molecule has 0 radical (unpaired) electrons. The molecular weight excluding hydrogens is 146 g/mol. The van der Waals surface area contributed by atoms with Crippen LogP contribution in [0, 0.1) is 16.7 Å². The number of nitriles is 1.